The SMILES string of the molecule is [NH2][InH][CH2]c1ccc(O)cc1. The number of nitrogens with two attached hydrogens (primary N) is 1. The molecule has 3 heteroatoms. The molecule has 52 valence electrons. The van der Waals surface area contributed by atoms with Crippen LogP contribution in [0.25, 0.3) is 0 Å². The van der Waals surface area contributed by atoms with E-state index in [1.807, 2.05) is 12.1 Å². The van der Waals surface area contributed by atoms with Crippen LogP contribution < -0.4 is 3.72 Å². The van der Waals surface area contributed by atoms with Crippen molar-refractivity contribution in [2.24, 2.45) is 3.72 Å². The van der Waals surface area contributed by atoms with Crippen LogP contribution in [-0.2, 0) is 4.18 Å². The van der Waals surface area contributed by atoms with Crippen LogP contribution in [0.5, 0.6) is 5.75 Å². The summed E-state index contributed by atoms with van der Waals surface area (Å²) in [6.07, 6.45) is 0. The van der Waals surface area contributed by atoms with E-state index in [1.54, 1.807) is 12.1 Å². The topological polar surface area (TPSA) is 46.2 Å². The zero-order valence-electron chi connectivity index (χ0n) is 5.75. The number of aromatic hydroxyl groups is 1. The van der Waals surface area contributed by atoms with Crippen LogP contribution in [0.15, 0.2) is 24.3 Å². The Morgan fingerprint density at radius 2 is 1.90 bits per heavy atom. The third kappa shape index (κ3) is 2.23. The van der Waals surface area contributed by atoms with Crippen LogP contribution in [0.3, 0.4) is 0 Å². The van der Waals surface area contributed by atoms with Crippen molar-refractivity contribution in [2.45, 2.75) is 4.18 Å². The normalized spacial score (nSPS) is 9.30. The number of benzene rings is 1. The first-order valence-corrected chi connectivity index (χ1v) is 8.49. The fraction of sp³-hybridized carbons (Fsp3) is 0.143. The van der Waals surface area contributed by atoms with E-state index in [-0.39, 0.29) is 0 Å². The molecule has 0 aliphatic heterocycles. The summed E-state index contributed by atoms with van der Waals surface area (Å²) in [7, 11) is 0. The molecule has 0 aromatic heterocycles. The zero-order chi connectivity index (χ0) is 7.40. The van der Waals surface area contributed by atoms with Crippen molar-refractivity contribution in [2.75, 3.05) is 0 Å². The fourth-order valence-corrected chi connectivity index (χ4v) is 2.73. The number of phenols is 1. The summed E-state index contributed by atoms with van der Waals surface area (Å²) in [6, 6.07) is 7.27. The Bertz CT molecular complexity index is 197. The first-order chi connectivity index (χ1) is 4.83. The maximum absolute atomic E-state index is 8.91. The third-order valence-corrected chi connectivity index (χ3v) is 3.84. The molecular formula is C7H10InNO. The van der Waals surface area contributed by atoms with Crippen LogP contribution in [0.2, 0.25) is 0 Å². The van der Waals surface area contributed by atoms with Crippen LogP contribution in [0, 0.1) is 0 Å². The second kappa shape index (κ2) is 3.88. The van der Waals surface area contributed by atoms with Crippen LogP contribution in [-0.4, -0.2) is 28.3 Å². The Morgan fingerprint density at radius 3 is 2.40 bits per heavy atom. The number of hydrogen-bond donors (Lipinski definition) is 2. The molecule has 0 radical (unpaired) electrons. The van der Waals surface area contributed by atoms with Crippen molar-refractivity contribution in [1.82, 2.24) is 0 Å². The van der Waals surface area contributed by atoms with Gasteiger partial charge in [-0.15, -0.1) is 0 Å². The minimum atomic E-state index is -0.908. The van der Waals surface area contributed by atoms with Gasteiger partial charge in [0.25, 0.3) is 0 Å². The van der Waals surface area contributed by atoms with Gasteiger partial charge in [0.15, 0.2) is 0 Å². The van der Waals surface area contributed by atoms with Crippen LogP contribution in [0.1, 0.15) is 5.56 Å². The van der Waals surface area contributed by atoms with Crippen LogP contribution in [0.4, 0.5) is 0 Å². The number of phenolic OH excluding ortho intramolecular Hbond substituents is 1. The molecule has 1 aromatic carbocycles. The molecule has 0 spiro atoms. The first kappa shape index (κ1) is 7.95. The van der Waals surface area contributed by atoms with Crippen molar-refractivity contribution in [3.63, 3.8) is 0 Å². The zero-order valence-corrected chi connectivity index (χ0v) is 9.78. The van der Waals surface area contributed by atoms with E-state index >= 15 is 0 Å². The van der Waals surface area contributed by atoms with Gasteiger partial charge in [-0.3, -0.25) is 0 Å². The summed E-state index contributed by atoms with van der Waals surface area (Å²) in [5.74, 6) is 0.330. The molecule has 0 saturated heterocycles. The van der Waals surface area contributed by atoms with Gasteiger partial charge in [-0.25, -0.2) is 0 Å². The van der Waals surface area contributed by atoms with Gasteiger partial charge in [-0.05, 0) is 0 Å². The average Bonchev–Trinajstić information content (AvgIpc) is 1.95. The fourth-order valence-electron chi connectivity index (χ4n) is 0.829. The molecule has 0 saturated carbocycles. The van der Waals surface area contributed by atoms with Gasteiger partial charge in [-0.1, -0.05) is 0 Å². The minimum absolute atomic E-state index is 0.330. The van der Waals surface area contributed by atoms with Gasteiger partial charge in [-0.2, -0.15) is 0 Å². The quantitative estimate of drug-likeness (QED) is 0.774. The average molecular weight is 239 g/mol. The van der Waals surface area contributed by atoms with E-state index in [4.69, 9.17) is 8.83 Å². The molecule has 2 nitrogen and oxygen atoms in total. The van der Waals surface area contributed by atoms with E-state index < -0.39 is 23.2 Å². The maximum atomic E-state index is 8.91. The van der Waals surface area contributed by atoms with Gasteiger partial charge in [0.2, 0.25) is 0 Å². The molecule has 0 heterocycles. The monoisotopic (exact) mass is 239 g/mol. The first-order valence-electron chi connectivity index (χ1n) is 3.31. The van der Waals surface area contributed by atoms with Crippen molar-refractivity contribution in [1.29, 1.82) is 0 Å². The number of rotatable bonds is 2. The van der Waals surface area contributed by atoms with Gasteiger partial charge in [0, 0.05) is 0 Å². The Kier molecular flexibility index (Phi) is 3.09. The van der Waals surface area contributed by atoms with E-state index in [2.05, 4.69) is 0 Å². The predicted octanol–water partition coefficient (Wildman–Crippen LogP) is 0.202. The summed E-state index contributed by atoms with van der Waals surface area (Å²) in [6.45, 7) is 0. The summed E-state index contributed by atoms with van der Waals surface area (Å²) < 4.78 is 6.63. The molecule has 0 bridgehead atoms. The molecule has 0 aliphatic rings. The molecule has 0 aliphatic carbocycles. The molecule has 1 rings (SSSR count). The summed E-state index contributed by atoms with van der Waals surface area (Å²) in [4.78, 5) is 0. The van der Waals surface area contributed by atoms with E-state index in [0.717, 1.165) is 4.18 Å². The molecule has 1 aromatic rings. The molecule has 0 fully saturated rings. The Labute approximate surface area is 71.8 Å². The standard InChI is InChI=1S/C7H7O.In.H2N.H/c1-6-2-4-7(8)5-3-6;;;/h2-5,8H,1H2;;1H2;/q;+1;-1;. The van der Waals surface area contributed by atoms with Gasteiger partial charge in [0.1, 0.15) is 0 Å². The Balaban J connectivity index is 2.69. The summed E-state index contributed by atoms with van der Waals surface area (Å²) >= 11 is -0.908. The summed E-state index contributed by atoms with van der Waals surface area (Å²) in [5, 5.41) is 8.91. The van der Waals surface area contributed by atoms with Gasteiger partial charge < -0.3 is 0 Å². The Hall–Kier alpha value is -0.150. The molecule has 0 unspecified atom stereocenters. The van der Waals surface area contributed by atoms with E-state index in [9.17, 15) is 0 Å². The van der Waals surface area contributed by atoms with Crippen molar-refractivity contribution in [3.8, 4) is 5.75 Å². The molecule has 10 heavy (non-hydrogen) atoms. The van der Waals surface area contributed by atoms with E-state index in [0.29, 0.717) is 5.75 Å². The molecule has 0 amide bonds. The van der Waals surface area contributed by atoms with Crippen molar-refractivity contribution in [3.05, 3.63) is 29.8 Å². The Morgan fingerprint density at radius 1 is 1.30 bits per heavy atom. The number of hydrogen-bond acceptors (Lipinski definition) is 2. The second-order valence-electron chi connectivity index (χ2n) is 2.21. The van der Waals surface area contributed by atoms with Crippen LogP contribution >= 0.6 is 0 Å². The molecule has 0 atom stereocenters. The van der Waals surface area contributed by atoms with E-state index in [1.165, 1.54) is 5.56 Å². The predicted molar refractivity (Wildman–Crippen MR) is 43.1 cm³/mol. The van der Waals surface area contributed by atoms with Crippen molar-refractivity contribution >= 4 is 23.2 Å². The molecular weight excluding hydrogens is 229 g/mol. The van der Waals surface area contributed by atoms with Crippen molar-refractivity contribution < 1.29 is 5.11 Å². The summed E-state index contributed by atoms with van der Waals surface area (Å²) in [5.41, 5.74) is 1.26. The van der Waals surface area contributed by atoms with Gasteiger partial charge in [0.05, 0.1) is 0 Å². The second-order valence-corrected chi connectivity index (χ2v) is 5.28. The molecule has 3 N–H and O–H groups in total. The van der Waals surface area contributed by atoms with Gasteiger partial charge >= 0.3 is 71.8 Å². The third-order valence-electron chi connectivity index (χ3n) is 1.37.